The second-order valence-corrected chi connectivity index (χ2v) is 8.06. The highest BCUT2D eigenvalue weighted by molar-refractivity contribution is 6.13. The Kier molecular flexibility index (Phi) is 4.41. The molecule has 0 aliphatic heterocycles. The third-order valence-electron chi connectivity index (χ3n) is 5.81. The predicted molar refractivity (Wildman–Crippen MR) is 126 cm³/mol. The highest BCUT2D eigenvalue weighted by Crippen LogP contribution is 2.37. The first-order chi connectivity index (χ1) is 14.2. The van der Waals surface area contributed by atoms with Crippen molar-refractivity contribution in [3.05, 3.63) is 109 Å². The number of hydrogen-bond donors (Lipinski definition) is 0. The first-order valence-electron chi connectivity index (χ1n) is 10.3. The standard InChI is InChI=1S/C29H24/c1-20(2)23-16-24(21-10-4-3-5-11-21)18-25(17-23)29-19-22-12-6-7-13-26(22)27-14-8-9-15-28(27)29/h3-20H,1-2H3. The molecular weight excluding hydrogens is 348 g/mol. The lowest BCUT2D eigenvalue weighted by Gasteiger charge is -2.16. The third kappa shape index (κ3) is 3.21. The molecule has 0 spiro atoms. The van der Waals surface area contributed by atoms with E-state index in [4.69, 9.17) is 0 Å². The number of hydrogen-bond acceptors (Lipinski definition) is 0. The summed E-state index contributed by atoms with van der Waals surface area (Å²) in [4.78, 5) is 0. The van der Waals surface area contributed by atoms with Gasteiger partial charge in [0.1, 0.15) is 0 Å². The molecule has 0 bridgehead atoms. The molecule has 0 nitrogen and oxygen atoms in total. The molecule has 29 heavy (non-hydrogen) atoms. The molecule has 0 saturated carbocycles. The van der Waals surface area contributed by atoms with E-state index in [2.05, 4.69) is 117 Å². The van der Waals surface area contributed by atoms with Crippen LogP contribution >= 0.6 is 0 Å². The predicted octanol–water partition coefficient (Wildman–Crippen LogP) is 8.45. The van der Waals surface area contributed by atoms with Crippen LogP contribution in [0.2, 0.25) is 0 Å². The van der Waals surface area contributed by atoms with Crippen molar-refractivity contribution in [2.24, 2.45) is 0 Å². The Morgan fingerprint density at radius 3 is 1.86 bits per heavy atom. The second kappa shape index (κ2) is 7.22. The molecule has 0 N–H and O–H groups in total. The van der Waals surface area contributed by atoms with Crippen molar-refractivity contribution in [3.8, 4) is 22.3 Å². The van der Waals surface area contributed by atoms with E-state index in [0.29, 0.717) is 5.92 Å². The lowest BCUT2D eigenvalue weighted by Crippen LogP contribution is -1.92. The summed E-state index contributed by atoms with van der Waals surface area (Å²) in [6.45, 7) is 4.54. The fourth-order valence-corrected chi connectivity index (χ4v) is 4.23. The first-order valence-corrected chi connectivity index (χ1v) is 10.3. The smallest absolute Gasteiger partial charge is 0.00987 e. The molecule has 0 unspecified atom stereocenters. The maximum Gasteiger partial charge on any atom is -0.00987 e. The topological polar surface area (TPSA) is 0 Å². The zero-order chi connectivity index (χ0) is 19.8. The molecule has 0 heteroatoms. The SMILES string of the molecule is CC(C)c1cc(-c2ccccc2)cc(-c2cc3ccccc3c3ccccc23)c1. The van der Waals surface area contributed by atoms with E-state index in [1.807, 2.05) is 0 Å². The molecule has 140 valence electrons. The monoisotopic (exact) mass is 372 g/mol. The molecule has 0 aliphatic rings. The molecule has 0 heterocycles. The van der Waals surface area contributed by atoms with Crippen LogP contribution in [0.15, 0.2) is 103 Å². The van der Waals surface area contributed by atoms with E-state index in [0.717, 1.165) is 0 Å². The molecule has 5 rings (SSSR count). The summed E-state index contributed by atoms with van der Waals surface area (Å²) >= 11 is 0. The quantitative estimate of drug-likeness (QED) is 0.279. The van der Waals surface area contributed by atoms with Gasteiger partial charge >= 0.3 is 0 Å². The van der Waals surface area contributed by atoms with Crippen LogP contribution in [-0.4, -0.2) is 0 Å². The molecule has 0 aromatic heterocycles. The van der Waals surface area contributed by atoms with Crippen molar-refractivity contribution in [2.75, 3.05) is 0 Å². The van der Waals surface area contributed by atoms with E-state index in [1.165, 1.54) is 49.4 Å². The number of rotatable bonds is 3. The summed E-state index contributed by atoms with van der Waals surface area (Å²) in [7, 11) is 0. The van der Waals surface area contributed by atoms with Crippen molar-refractivity contribution in [2.45, 2.75) is 19.8 Å². The van der Waals surface area contributed by atoms with Gasteiger partial charge in [-0.25, -0.2) is 0 Å². The Morgan fingerprint density at radius 2 is 1.10 bits per heavy atom. The zero-order valence-corrected chi connectivity index (χ0v) is 16.9. The van der Waals surface area contributed by atoms with E-state index >= 15 is 0 Å². The largest absolute Gasteiger partial charge is 0.0622 e. The Bertz CT molecular complexity index is 1310. The zero-order valence-electron chi connectivity index (χ0n) is 16.9. The average Bonchev–Trinajstić information content (AvgIpc) is 2.79. The van der Waals surface area contributed by atoms with Crippen LogP contribution in [0, 0.1) is 0 Å². The molecule has 0 fully saturated rings. The summed E-state index contributed by atoms with van der Waals surface area (Å²) in [5, 5.41) is 5.23. The molecule has 0 radical (unpaired) electrons. The first kappa shape index (κ1) is 17.7. The minimum Gasteiger partial charge on any atom is -0.0622 e. The Labute approximate surface area is 172 Å². The summed E-state index contributed by atoms with van der Waals surface area (Å²) < 4.78 is 0. The van der Waals surface area contributed by atoms with Crippen LogP contribution < -0.4 is 0 Å². The number of fused-ring (bicyclic) bond motifs is 3. The number of benzene rings is 5. The lowest BCUT2D eigenvalue weighted by atomic mass is 9.88. The molecule has 0 atom stereocenters. The minimum absolute atomic E-state index is 0.476. The Morgan fingerprint density at radius 1 is 0.483 bits per heavy atom. The summed E-state index contributed by atoms with van der Waals surface area (Å²) in [6.07, 6.45) is 0. The van der Waals surface area contributed by atoms with Gasteiger partial charge in [0.05, 0.1) is 0 Å². The lowest BCUT2D eigenvalue weighted by molar-refractivity contribution is 0.867. The van der Waals surface area contributed by atoms with Crippen molar-refractivity contribution in [3.63, 3.8) is 0 Å². The molecule has 0 saturated heterocycles. The van der Waals surface area contributed by atoms with E-state index in [1.54, 1.807) is 0 Å². The maximum absolute atomic E-state index is 2.37. The highest BCUT2D eigenvalue weighted by Gasteiger charge is 2.12. The molecule has 0 amide bonds. The molecule has 5 aromatic rings. The summed E-state index contributed by atoms with van der Waals surface area (Å²) in [5.74, 6) is 0.476. The van der Waals surface area contributed by atoms with Gasteiger partial charge in [-0.2, -0.15) is 0 Å². The van der Waals surface area contributed by atoms with Crippen molar-refractivity contribution < 1.29 is 0 Å². The van der Waals surface area contributed by atoms with E-state index in [9.17, 15) is 0 Å². The second-order valence-electron chi connectivity index (χ2n) is 8.06. The van der Waals surface area contributed by atoms with Gasteiger partial charge in [0.25, 0.3) is 0 Å². The van der Waals surface area contributed by atoms with Crippen LogP contribution in [0.3, 0.4) is 0 Å². The van der Waals surface area contributed by atoms with Gasteiger partial charge in [-0.15, -0.1) is 0 Å². The fraction of sp³-hybridized carbons (Fsp3) is 0.103. The van der Waals surface area contributed by atoms with E-state index < -0.39 is 0 Å². The van der Waals surface area contributed by atoms with Crippen LogP contribution in [0.4, 0.5) is 0 Å². The average molecular weight is 373 g/mol. The van der Waals surface area contributed by atoms with Gasteiger partial charge in [0.2, 0.25) is 0 Å². The fourth-order valence-electron chi connectivity index (χ4n) is 4.23. The highest BCUT2D eigenvalue weighted by atomic mass is 14.2. The van der Waals surface area contributed by atoms with Gasteiger partial charge in [0.15, 0.2) is 0 Å². The van der Waals surface area contributed by atoms with Gasteiger partial charge < -0.3 is 0 Å². The Balaban J connectivity index is 1.83. The third-order valence-corrected chi connectivity index (χ3v) is 5.81. The van der Waals surface area contributed by atoms with Crippen molar-refractivity contribution in [1.29, 1.82) is 0 Å². The van der Waals surface area contributed by atoms with Gasteiger partial charge in [-0.05, 0) is 67.4 Å². The summed E-state index contributed by atoms with van der Waals surface area (Å²) in [6, 6.07) is 37.6. The molecular formula is C29H24. The molecule has 0 aliphatic carbocycles. The summed E-state index contributed by atoms with van der Waals surface area (Å²) in [5.41, 5.74) is 6.51. The minimum atomic E-state index is 0.476. The normalized spacial score (nSPS) is 11.4. The van der Waals surface area contributed by atoms with Gasteiger partial charge in [0, 0.05) is 0 Å². The Hall–Kier alpha value is -3.38. The van der Waals surface area contributed by atoms with E-state index in [-0.39, 0.29) is 0 Å². The van der Waals surface area contributed by atoms with Crippen molar-refractivity contribution >= 4 is 21.5 Å². The maximum atomic E-state index is 2.37. The van der Waals surface area contributed by atoms with Crippen LogP contribution in [0.25, 0.3) is 43.8 Å². The van der Waals surface area contributed by atoms with Gasteiger partial charge in [-0.1, -0.05) is 105 Å². The van der Waals surface area contributed by atoms with Crippen molar-refractivity contribution in [1.82, 2.24) is 0 Å². The molecule has 5 aromatic carbocycles. The van der Waals surface area contributed by atoms with Gasteiger partial charge in [-0.3, -0.25) is 0 Å². The van der Waals surface area contributed by atoms with Crippen LogP contribution in [0.1, 0.15) is 25.3 Å². The van der Waals surface area contributed by atoms with Crippen LogP contribution in [-0.2, 0) is 0 Å². The van der Waals surface area contributed by atoms with Crippen LogP contribution in [0.5, 0.6) is 0 Å².